The molecule has 0 radical (unpaired) electrons. The second kappa shape index (κ2) is 19.7. The smallest absolute Gasteiger partial charge is 0.303 e. The summed E-state index contributed by atoms with van der Waals surface area (Å²) in [6.45, 7) is 11.7. The van der Waals surface area contributed by atoms with Crippen LogP contribution in [0.25, 0.3) is 0 Å². The number of unbranched alkanes of at least 4 members (excludes halogenated alkanes) is 3. The molecule has 338 valence electrons. The fourth-order valence-corrected chi connectivity index (χ4v) is 9.99. The van der Waals surface area contributed by atoms with Gasteiger partial charge in [-0.1, -0.05) is 39.7 Å². The molecule has 0 saturated carbocycles. The molecule has 0 atom stereocenters. The molecule has 0 fully saturated rings. The zero-order valence-electron chi connectivity index (χ0n) is 36.0. The van der Waals surface area contributed by atoms with E-state index in [0.717, 1.165) is 82.2 Å². The summed E-state index contributed by atoms with van der Waals surface area (Å²) >= 11 is 0.846. The predicted molar refractivity (Wildman–Crippen MR) is 238 cm³/mol. The minimum atomic E-state index is -4.48. The number of fused-ring (bicyclic) bond motifs is 2. The molecule has 0 amide bonds. The predicted octanol–water partition coefficient (Wildman–Crippen LogP) is 8.91. The van der Waals surface area contributed by atoms with Crippen molar-refractivity contribution in [3.8, 4) is 5.75 Å². The Morgan fingerprint density at radius 2 is 1.57 bits per heavy atom. The Bertz CT molecular complexity index is 2610. The topological polar surface area (TPSA) is 203 Å². The van der Waals surface area contributed by atoms with Gasteiger partial charge in [-0.15, -0.1) is 0 Å². The van der Waals surface area contributed by atoms with E-state index in [1.54, 1.807) is 6.07 Å². The Balaban J connectivity index is 1.45. The van der Waals surface area contributed by atoms with Gasteiger partial charge in [-0.05, 0) is 129 Å². The van der Waals surface area contributed by atoms with Gasteiger partial charge in [-0.2, -0.15) is 25.7 Å². The van der Waals surface area contributed by atoms with Gasteiger partial charge >= 0.3 is 5.97 Å². The standard InChI is InChI=1S/C46H54N2O12S3/c1-6-7-27-47-39-23-19-34(61-60-59-51)29-37(39)45(2,3)41(47)25-15-31-12-11-13-32(44(31)58-33-17-20-35(21-18-33)62(52,53)54)16-26-42-46(4,5)38-30-36(63(55,56)57)22-24-40(38)48(42)28-10-8-9-14-43(49)50/h15-26,29-30H,6-14,27-28H2,1-5H3,(H3-,49,50,51,52,53,54,55,56,57). The summed E-state index contributed by atoms with van der Waals surface area (Å²) in [5, 5.41) is 23.4. The minimum Gasteiger partial charge on any atom is -0.691 e. The van der Waals surface area contributed by atoms with Crippen LogP contribution in [0.2, 0.25) is 0 Å². The number of nitrogens with zero attached hydrogens (tertiary/aromatic N) is 2. The monoisotopic (exact) mass is 922 g/mol. The van der Waals surface area contributed by atoms with E-state index in [0.29, 0.717) is 55.7 Å². The highest BCUT2D eigenvalue weighted by molar-refractivity contribution is 7.94. The number of anilines is 1. The van der Waals surface area contributed by atoms with Crippen molar-refractivity contribution < 1.29 is 59.8 Å². The minimum absolute atomic E-state index is 0.0638. The maximum Gasteiger partial charge on any atom is 0.303 e. The van der Waals surface area contributed by atoms with E-state index in [4.69, 9.17) is 4.74 Å². The molecule has 2 heterocycles. The second-order valence-electron chi connectivity index (χ2n) is 16.9. The number of carboxylic acids is 1. The number of carboxylic acid groups (broad SMARTS) is 1. The third-order valence-corrected chi connectivity index (χ3v) is 14.2. The van der Waals surface area contributed by atoms with Crippen LogP contribution in [0.15, 0.2) is 122 Å². The van der Waals surface area contributed by atoms with Crippen LogP contribution in [0.5, 0.6) is 5.75 Å². The lowest BCUT2D eigenvalue weighted by molar-refractivity contribution is -0.777. The highest BCUT2D eigenvalue weighted by atomic mass is 32.2. The Morgan fingerprint density at radius 1 is 0.857 bits per heavy atom. The number of carbonyl (C=O) groups is 1. The van der Waals surface area contributed by atoms with Crippen molar-refractivity contribution in [1.82, 2.24) is 0 Å². The zero-order chi connectivity index (χ0) is 45.7. The van der Waals surface area contributed by atoms with Crippen LogP contribution >= 0.6 is 12.0 Å². The van der Waals surface area contributed by atoms with Gasteiger partial charge in [0, 0.05) is 58.8 Å². The summed E-state index contributed by atoms with van der Waals surface area (Å²) < 4.78 is 81.5. The van der Waals surface area contributed by atoms with Gasteiger partial charge in [0.15, 0.2) is 5.71 Å². The summed E-state index contributed by atoms with van der Waals surface area (Å²) in [5.74, 6) is 0.0868. The Hall–Kier alpha value is -4.59. The third kappa shape index (κ3) is 10.9. The van der Waals surface area contributed by atoms with Crippen LogP contribution in [0.4, 0.5) is 11.4 Å². The average molecular weight is 923 g/mol. The maximum absolute atomic E-state index is 12.2. The van der Waals surface area contributed by atoms with E-state index in [1.165, 1.54) is 36.4 Å². The highest BCUT2D eigenvalue weighted by Gasteiger charge is 2.45. The fraction of sp³-hybridized carbons (Fsp3) is 0.391. The van der Waals surface area contributed by atoms with E-state index in [9.17, 15) is 41.1 Å². The van der Waals surface area contributed by atoms with Crippen molar-refractivity contribution in [2.75, 3.05) is 18.0 Å². The molecule has 0 aromatic heterocycles. The molecule has 0 unspecified atom stereocenters. The van der Waals surface area contributed by atoms with Gasteiger partial charge in [0.2, 0.25) is 5.69 Å². The molecule has 1 aliphatic carbocycles. The first-order chi connectivity index (χ1) is 29.8. The number of ether oxygens (including phenoxy) is 1. The zero-order valence-corrected chi connectivity index (χ0v) is 38.4. The first-order valence-corrected chi connectivity index (χ1v) is 24.5. The van der Waals surface area contributed by atoms with Gasteiger partial charge < -0.3 is 20.0 Å². The normalized spacial score (nSPS) is 18.5. The SMILES string of the molecule is CCCC[N+]1=C(/C=C/C2=C(Oc3ccc(S(=O)(=O)O)cc3)C(=C/C=C3/N(CCCCCC(=O)O)c4ccc(S(=O)(=O)O)cc4C3(C)C)/CCC2)C(C)(C)c2cc(SOO[O-])ccc21. The highest BCUT2D eigenvalue weighted by Crippen LogP contribution is 2.49. The van der Waals surface area contributed by atoms with Crippen LogP contribution in [0.3, 0.4) is 0 Å². The summed E-state index contributed by atoms with van der Waals surface area (Å²) in [4.78, 5) is 13.6. The van der Waals surface area contributed by atoms with Crippen LogP contribution in [0.1, 0.15) is 104 Å². The van der Waals surface area contributed by atoms with Crippen molar-refractivity contribution in [2.24, 2.45) is 0 Å². The number of allylic oxidation sites excluding steroid dienone is 7. The van der Waals surface area contributed by atoms with Crippen LogP contribution in [0, 0.1) is 0 Å². The maximum atomic E-state index is 12.2. The van der Waals surface area contributed by atoms with E-state index in [-0.39, 0.29) is 16.2 Å². The molecule has 63 heavy (non-hydrogen) atoms. The quantitative estimate of drug-likeness (QED) is 0.0257. The molecule has 17 heteroatoms. The molecule has 2 aliphatic heterocycles. The summed E-state index contributed by atoms with van der Waals surface area (Å²) in [7, 11) is -8.92. The Morgan fingerprint density at radius 3 is 2.24 bits per heavy atom. The second-order valence-corrected chi connectivity index (χ2v) is 20.5. The molecule has 3 N–H and O–H groups in total. The summed E-state index contributed by atoms with van der Waals surface area (Å²) in [6, 6.07) is 16.0. The van der Waals surface area contributed by atoms with E-state index < -0.39 is 37.0 Å². The summed E-state index contributed by atoms with van der Waals surface area (Å²) in [5.41, 5.74) is 6.15. The first kappa shape index (κ1) is 47.9. The van der Waals surface area contributed by atoms with Crippen molar-refractivity contribution >= 4 is 55.3 Å². The van der Waals surface area contributed by atoms with E-state index in [1.807, 2.05) is 44.2 Å². The fourth-order valence-electron chi connectivity index (χ4n) is 8.60. The van der Waals surface area contributed by atoms with Crippen LogP contribution in [-0.4, -0.2) is 60.4 Å². The lowest BCUT2D eigenvalue weighted by Gasteiger charge is -2.27. The lowest BCUT2D eigenvalue weighted by Crippen LogP contribution is -2.28. The molecule has 0 saturated heterocycles. The number of benzene rings is 3. The molecule has 14 nitrogen and oxygen atoms in total. The van der Waals surface area contributed by atoms with Crippen LogP contribution < -0.4 is 14.9 Å². The van der Waals surface area contributed by atoms with Crippen LogP contribution in [-0.2, 0) is 45.2 Å². The van der Waals surface area contributed by atoms with E-state index in [2.05, 4.69) is 51.8 Å². The molecular weight excluding hydrogens is 869 g/mol. The third-order valence-electron chi connectivity index (χ3n) is 11.9. The number of rotatable bonds is 19. The molecule has 3 aromatic rings. The Labute approximate surface area is 373 Å². The van der Waals surface area contributed by atoms with Crippen molar-refractivity contribution in [2.45, 2.75) is 118 Å². The molecule has 0 bridgehead atoms. The lowest BCUT2D eigenvalue weighted by atomic mass is 9.81. The molecular formula is C46H54N2O12S3. The number of hydrogen-bond acceptors (Lipinski definition) is 11. The van der Waals surface area contributed by atoms with Gasteiger partial charge in [0.25, 0.3) is 20.2 Å². The number of hydrogen-bond donors (Lipinski definition) is 3. The van der Waals surface area contributed by atoms with Crippen molar-refractivity contribution in [3.63, 3.8) is 0 Å². The molecule has 3 aliphatic rings. The average Bonchev–Trinajstić information content (AvgIpc) is 3.57. The molecule has 3 aromatic carbocycles. The summed E-state index contributed by atoms with van der Waals surface area (Å²) in [6.07, 6.45) is 14.2. The first-order valence-electron chi connectivity index (χ1n) is 20.9. The van der Waals surface area contributed by atoms with Gasteiger partial charge in [0.1, 0.15) is 18.1 Å². The van der Waals surface area contributed by atoms with Gasteiger partial charge in [-0.3, -0.25) is 18.9 Å². The van der Waals surface area contributed by atoms with Gasteiger partial charge in [-0.25, -0.2) is 0 Å². The largest absolute Gasteiger partial charge is 0.691 e. The van der Waals surface area contributed by atoms with Gasteiger partial charge in [0.05, 0.1) is 27.2 Å². The molecule has 6 rings (SSSR count). The Kier molecular flexibility index (Phi) is 14.9. The van der Waals surface area contributed by atoms with Crippen molar-refractivity contribution in [1.29, 1.82) is 0 Å². The number of aliphatic carboxylic acids is 1. The van der Waals surface area contributed by atoms with E-state index >= 15 is 0 Å². The van der Waals surface area contributed by atoms with Crippen molar-refractivity contribution in [3.05, 3.63) is 119 Å². The molecule has 0 spiro atoms.